The maximum atomic E-state index is 11.6. The first-order valence-electron chi connectivity index (χ1n) is 9.09. The minimum atomic E-state index is -0.491. The molecule has 0 unspecified atom stereocenters. The number of carbonyl (C=O) groups excluding carboxylic acids is 1. The van der Waals surface area contributed by atoms with Crippen LogP contribution >= 0.6 is 23.2 Å². The monoisotopic (exact) mass is 419 g/mol. The van der Waals surface area contributed by atoms with E-state index in [-0.39, 0.29) is 0 Å². The van der Waals surface area contributed by atoms with Gasteiger partial charge < -0.3 is 9.64 Å². The van der Waals surface area contributed by atoms with Crippen molar-refractivity contribution in [3.05, 3.63) is 64.1 Å². The Morgan fingerprint density at radius 1 is 1.07 bits per heavy atom. The Balaban J connectivity index is 1.57. The third-order valence-corrected chi connectivity index (χ3v) is 5.13. The average Bonchev–Trinajstić information content (AvgIpc) is 2.71. The highest BCUT2D eigenvalue weighted by molar-refractivity contribution is 6.31. The van der Waals surface area contributed by atoms with E-state index >= 15 is 0 Å². The van der Waals surface area contributed by atoms with Crippen LogP contribution in [0, 0.1) is 0 Å². The lowest BCUT2D eigenvalue weighted by Crippen LogP contribution is -2.46. The Hall–Kier alpha value is -2.21. The molecule has 1 aliphatic rings. The van der Waals surface area contributed by atoms with E-state index in [2.05, 4.69) is 27.3 Å². The van der Waals surface area contributed by atoms with Gasteiger partial charge in [0.15, 0.2) is 0 Å². The molecule has 0 aliphatic carbocycles. The van der Waals surface area contributed by atoms with Gasteiger partial charge >= 0.3 is 6.09 Å². The first kappa shape index (κ1) is 20.5. The summed E-state index contributed by atoms with van der Waals surface area (Å²) in [6, 6.07) is 13.2. The third kappa shape index (κ3) is 5.64. The van der Waals surface area contributed by atoms with E-state index in [1.165, 1.54) is 7.11 Å². The van der Waals surface area contributed by atoms with Gasteiger partial charge in [-0.15, -0.1) is 0 Å². The molecule has 0 atom stereocenters. The standard InChI is InChI=1S/C21H23Cl2N3O2/c1-28-21(27)24-19-9-8-18(23)15-20(19)26-13-11-25(12-14-26)10-2-3-16-4-6-17(22)7-5-16/h2-9,15H,10-14H2,1H3,(H,24,27). The molecule has 1 saturated heterocycles. The predicted molar refractivity (Wildman–Crippen MR) is 117 cm³/mol. The number of halogens is 2. The minimum Gasteiger partial charge on any atom is -0.453 e. The second kappa shape index (κ2) is 9.82. The first-order chi connectivity index (χ1) is 13.5. The molecule has 0 bridgehead atoms. The molecule has 1 fully saturated rings. The van der Waals surface area contributed by atoms with Crippen molar-refractivity contribution in [3.8, 4) is 0 Å². The minimum absolute atomic E-state index is 0.491. The molecule has 0 radical (unpaired) electrons. The van der Waals surface area contributed by atoms with Crippen LogP contribution in [-0.2, 0) is 4.74 Å². The Kier molecular flexibility index (Phi) is 7.20. The third-order valence-electron chi connectivity index (χ3n) is 4.64. The van der Waals surface area contributed by atoms with E-state index in [4.69, 9.17) is 27.9 Å². The molecule has 1 N–H and O–H groups in total. The van der Waals surface area contributed by atoms with Crippen molar-refractivity contribution in [2.75, 3.05) is 50.1 Å². The molecule has 0 spiro atoms. The van der Waals surface area contributed by atoms with Crippen molar-refractivity contribution in [1.82, 2.24) is 4.90 Å². The largest absolute Gasteiger partial charge is 0.453 e. The predicted octanol–water partition coefficient (Wildman–Crippen LogP) is 5.01. The number of hydrogen-bond acceptors (Lipinski definition) is 4. The van der Waals surface area contributed by atoms with Crippen LogP contribution in [0.4, 0.5) is 16.2 Å². The lowest BCUT2D eigenvalue weighted by molar-refractivity contribution is 0.187. The first-order valence-corrected chi connectivity index (χ1v) is 9.84. The smallest absolute Gasteiger partial charge is 0.411 e. The fraction of sp³-hybridized carbons (Fsp3) is 0.286. The lowest BCUT2D eigenvalue weighted by atomic mass is 10.2. The molecule has 7 heteroatoms. The summed E-state index contributed by atoms with van der Waals surface area (Å²) in [6.07, 6.45) is 3.79. The molecular formula is C21H23Cl2N3O2. The van der Waals surface area contributed by atoms with Crippen molar-refractivity contribution in [1.29, 1.82) is 0 Å². The lowest BCUT2D eigenvalue weighted by Gasteiger charge is -2.36. The molecule has 2 aromatic rings. The maximum absolute atomic E-state index is 11.6. The maximum Gasteiger partial charge on any atom is 0.411 e. The average molecular weight is 420 g/mol. The van der Waals surface area contributed by atoms with Gasteiger partial charge in [-0.3, -0.25) is 10.2 Å². The zero-order valence-electron chi connectivity index (χ0n) is 15.7. The number of piperazine rings is 1. The van der Waals surface area contributed by atoms with Gasteiger partial charge in [-0.05, 0) is 35.9 Å². The highest BCUT2D eigenvalue weighted by atomic mass is 35.5. The molecule has 0 aromatic heterocycles. The second-order valence-corrected chi connectivity index (χ2v) is 7.39. The summed E-state index contributed by atoms with van der Waals surface area (Å²) in [5, 5.41) is 4.14. The second-order valence-electron chi connectivity index (χ2n) is 6.52. The number of hydrogen-bond donors (Lipinski definition) is 1. The zero-order valence-corrected chi connectivity index (χ0v) is 17.2. The summed E-state index contributed by atoms with van der Waals surface area (Å²) in [7, 11) is 1.35. The molecule has 1 heterocycles. The van der Waals surface area contributed by atoms with Crippen molar-refractivity contribution in [2.45, 2.75) is 0 Å². The molecule has 2 aromatic carbocycles. The number of carbonyl (C=O) groups is 1. The molecule has 28 heavy (non-hydrogen) atoms. The number of ether oxygens (including phenoxy) is 1. The van der Waals surface area contributed by atoms with Crippen LogP contribution in [0.1, 0.15) is 5.56 Å². The number of benzene rings is 2. The number of methoxy groups -OCH3 is 1. The van der Waals surface area contributed by atoms with Gasteiger partial charge in [-0.1, -0.05) is 47.5 Å². The molecule has 5 nitrogen and oxygen atoms in total. The summed E-state index contributed by atoms with van der Waals surface area (Å²) >= 11 is 12.1. The van der Waals surface area contributed by atoms with Gasteiger partial charge in [-0.25, -0.2) is 4.79 Å². The van der Waals surface area contributed by atoms with Crippen LogP contribution < -0.4 is 10.2 Å². The number of nitrogens with zero attached hydrogens (tertiary/aromatic N) is 2. The van der Waals surface area contributed by atoms with Crippen molar-refractivity contribution in [2.24, 2.45) is 0 Å². The van der Waals surface area contributed by atoms with Crippen LogP contribution in [0.2, 0.25) is 10.0 Å². The van der Waals surface area contributed by atoms with Gasteiger partial charge in [0, 0.05) is 42.8 Å². The van der Waals surface area contributed by atoms with Gasteiger partial charge in [0.05, 0.1) is 18.5 Å². The number of rotatable bonds is 5. The quantitative estimate of drug-likeness (QED) is 0.739. The van der Waals surface area contributed by atoms with Crippen LogP contribution in [0.25, 0.3) is 6.08 Å². The SMILES string of the molecule is COC(=O)Nc1ccc(Cl)cc1N1CCN(CC=Cc2ccc(Cl)cc2)CC1. The number of nitrogens with one attached hydrogen (secondary N) is 1. The summed E-state index contributed by atoms with van der Waals surface area (Å²) in [5.41, 5.74) is 2.75. The van der Waals surface area contributed by atoms with Crippen LogP contribution in [0.3, 0.4) is 0 Å². The zero-order chi connectivity index (χ0) is 19.9. The van der Waals surface area contributed by atoms with Crippen LogP contribution in [-0.4, -0.2) is 50.8 Å². The molecule has 148 valence electrons. The number of amides is 1. The number of anilines is 2. The Labute approximate surface area is 175 Å². The fourth-order valence-electron chi connectivity index (χ4n) is 3.12. The highest BCUT2D eigenvalue weighted by Crippen LogP contribution is 2.30. The topological polar surface area (TPSA) is 44.8 Å². The van der Waals surface area contributed by atoms with E-state index in [9.17, 15) is 4.79 Å². The van der Waals surface area contributed by atoms with Gasteiger partial charge in [0.1, 0.15) is 0 Å². The summed E-state index contributed by atoms with van der Waals surface area (Å²) in [4.78, 5) is 16.2. The van der Waals surface area contributed by atoms with Crippen LogP contribution in [0.5, 0.6) is 0 Å². The Bertz CT molecular complexity index is 832. The fourth-order valence-corrected chi connectivity index (χ4v) is 3.41. The molecule has 1 aliphatic heterocycles. The van der Waals surface area contributed by atoms with E-state index in [0.717, 1.165) is 49.0 Å². The molecule has 1 amide bonds. The van der Waals surface area contributed by atoms with Gasteiger partial charge in [0.25, 0.3) is 0 Å². The van der Waals surface area contributed by atoms with Gasteiger partial charge in [0.2, 0.25) is 0 Å². The van der Waals surface area contributed by atoms with Crippen molar-refractivity contribution < 1.29 is 9.53 Å². The van der Waals surface area contributed by atoms with Crippen molar-refractivity contribution >= 4 is 46.7 Å². The summed E-state index contributed by atoms with van der Waals surface area (Å²) < 4.78 is 4.71. The van der Waals surface area contributed by atoms with E-state index < -0.39 is 6.09 Å². The van der Waals surface area contributed by atoms with Gasteiger partial charge in [-0.2, -0.15) is 0 Å². The molecule has 0 saturated carbocycles. The summed E-state index contributed by atoms with van der Waals surface area (Å²) in [5.74, 6) is 0. The van der Waals surface area contributed by atoms with Crippen LogP contribution in [0.15, 0.2) is 48.5 Å². The molecular weight excluding hydrogens is 397 g/mol. The van der Waals surface area contributed by atoms with Crippen molar-refractivity contribution in [3.63, 3.8) is 0 Å². The highest BCUT2D eigenvalue weighted by Gasteiger charge is 2.19. The normalized spacial score (nSPS) is 15.0. The Morgan fingerprint density at radius 3 is 2.43 bits per heavy atom. The van der Waals surface area contributed by atoms with E-state index in [0.29, 0.717) is 10.7 Å². The van der Waals surface area contributed by atoms with E-state index in [1.54, 1.807) is 12.1 Å². The van der Waals surface area contributed by atoms with E-state index in [1.807, 2.05) is 30.3 Å². The Morgan fingerprint density at radius 2 is 1.75 bits per heavy atom. The summed E-state index contributed by atoms with van der Waals surface area (Å²) in [6.45, 7) is 4.44. The molecule has 3 rings (SSSR count).